The topological polar surface area (TPSA) is 42.6 Å². The molecule has 1 aliphatic rings. The summed E-state index contributed by atoms with van der Waals surface area (Å²) in [6.45, 7) is 8.50. The summed E-state index contributed by atoms with van der Waals surface area (Å²) >= 11 is 0. The molecule has 0 spiro atoms. The molecule has 0 radical (unpaired) electrons. The molecule has 19 heavy (non-hydrogen) atoms. The van der Waals surface area contributed by atoms with E-state index in [0.717, 1.165) is 18.8 Å². The molecule has 1 aromatic carbocycles. The summed E-state index contributed by atoms with van der Waals surface area (Å²) in [5, 5.41) is 0. The maximum absolute atomic E-state index is 6.99. The van der Waals surface area contributed by atoms with Crippen LogP contribution in [0, 0.1) is 6.57 Å². The van der Waals surface area contributed by atoms with Crippen LogP contribution in [0.3, 0.4) is 0 Å². The molecule has 5 heteroatoms. The number of fused-ring (bicyclic) bond motifs is 1. The molecule has 1 aromatic heterocycles. The van der Waals surface area contributed by atoms with Crippen molar-refractivity contribution in [2.45, 2.75) is 13.1 Å². The molecule has 0 aliphatic carbocycles. The van der Waals surface area contributed by atoms with E-state index >= 15 is 0 Å². The summed E-state index contributed by atoms with van der Waals surface area (Å²) in [7, 11) is 1.66. The van der Waals surface area contributed by atoms with E-state index in [4.69, 9.17) is 11.3 Å². The van der Waals surface area contributed by atoms with Gasteiger partial charge >= 0.3 is 5.95 Å². The van der Waals surface area contributed by atoms with Crippen molar-refractivity contribution in [3.63, 3.8) is 0 Å². The van der Waals surface area contributed by atoms with Crippen molar-refractivity contribution in [3.8, 4) is 5.75 Å². The molecule has 0 N–H and O–H groups in total. The van der Waals surface area contributed by atoms with Gasteiger partial charge in [0.25, 0.3) is 5.82 Å². The highest BCUT2D eigenvalue weighted by Gasteiger charge is 2.23. The number of nitrogens with zero attached hydrogens (tertiary/aromatic N) is 4. The Morgan fingerprint density at radius 2 is 2.11 bits per heavy atom. The second kappa shape index (κ2) is 4.58. The third-order valence-corrected chi connectivity index (χ3v) is 3.16. The van der Waals surface area contributed by atoms with E-state index < -0.39 is 0 Å². The molecule has 2 aromatic rings. The Bertz CT molecular complexity index is 663. The van der Waals surface area contributed by atoms with E-state index in [-0.39, 0.29) is 0 Å². The first-order valence-electron chi connectivity index (χ1n) is 5.91. The average molecular weight is 252 g/mol. The minimum atomic E-state index is 0.374. The van der Waals surface area contributed by atoms with Gasteiger partial charge in [-0.15, -0.1) is 0 Å². The third-order valence-electron chi connectivity index (χ3n) is 3.16. The lowest BCUT2D eigenvalue weighted by Gasteiger charge is -2.11. The molecule has 0 amide bonds. The van der Waals surface area contributed by atoms with E-state index in [1.54, 1.807) is 19.4 Å². The minimum Gasteiger partial charge on any atom is -0.497 e. The summed E-state index contributed by atoms with van der Waals surface area (Å²) in [5.74, 6) is 1.83. The summed E-state index contributed by atoms with van der Waals surface area (Å²) in [6.07, 6.45) is 1.62. The molecule has 0 atom stereocenters. The Morgan fingerprint density at radius 1 is 1.26 bits per heavy atom. The molecular formula is C14H12N4O. The van der Waals surface area contributed by atoms with Crippen LogP contribution in [-0.4, -0.2) is 17.1 Å². The summed E-state index contributed by atoms with van der Waals surface area (Å²) in [6, 6.07) is 7.67. The minimum absolute atomic E-state index is 0.374. The van der Waals surface area contributed by atoms with E-state index in [2.05, 4.69) is 25.8 Å². The maximum atomic E-state index is 6.99. The number of ether oxygens (including phenoxy) is 1. The zero-order chi connectivity index (χ0) is 13.2. The third kappa shape index (κ3) is 2.08. The Morgan fingerprint density at radius 3 is 2.89 bits per heavy atom. The fourth-order valence-electron chi connectivity index (χ4n) is 2.19. The number of anilines is 1. The van der Waals surface area contributed by atoms with Gasteiger partial charge in [0.05, 0.1) is 7.11 Å². The average Bonchev–Trinajstić information content (AvgIpc) is 2.90. The summed E-state index contributed by atoms with van der Waals surface area (Å²) in [5.41, 5.74) is 2.47. The van der Waals surface area contributed by atoms with Crippen LogP contribution in [0.15, 0.2) is 30.5 Å². The molecule has 1 aliphatic heterocycles. The van der Waals surface area contributed by atoms with Crippen LogP contribution in [0.4, 0.5) is 11.8 Å². The van der Waals surface area contributed by atoms with Crippen LogP contribution in [-0.2, 0) is 13.1 Å². The van der Waals surface area contributed by atoms with E-state index in [9.17, 15) is 0 Å². The first-order valence-corrected chi connectivity index (χ1v) is 5.91. The lowest BCUT2D eigenvalue weighted by Crippen LogP contribution is -2.17. The molecule has 0 fully saturated rings. The highest BCUT2D eigenvalue weighted by atomic mass is 16.5. The largest absolute Gasteiger partial charge is 0.497 e. The monoisotopic (exact) mass is 252 g/mol. The molecule has 94 valence electrons. The van der Waals surface area contributed by atoms with Gasteiger partial charge < -0.3 is 14.5 Å². The van der Waals surface area contributed by atoms with Gasteiger partial charge in [-0.05, 0) is 29.3 Å². The SMILES string of the molecule is [C-]#[N+]c1ccnc(N2Cc3ccc(OC)cc3C2)n1. The van der Waals surface area contributed by atoms with Crippen molar-refractivity contribution in [1.82, 2.24) is 9.97 Å². The molecule has 0 bridgehead atoms. The van der Waals surface area contributed by atoms with Gasteiger partial charge in [0.15, 0.2) is 0 Å². The van der Waals surface area contributed by atoms with Crippen molar-refractivity contribution in [2.24, 2.45) is 0 Å². The number of benzene rings is 1. The first kappa shape index (κ1) is 11.5. The fourth-order valence-corrected chi connectivity index (χ4v) is 2.19. The molecule has 2 heterocycles. The molecule has 0 saturated heterocycles. The second-order valence-corrected chi connectivity index (χ2v) is 4.32. The predicted octanol–water partition coefficient (Wildman–Crippen LogP) is 2.56. The number of aromatic nitrogens is 2. The van der Waals surface area contributed by atoms with E-state index in [1.165, 1.54) is 11.1 Å². The van der Waals surface area contributed by atoms with Crippen LogP contribution >= 0.6 is 0 Å². The van der Waals surface area contributed by atoms with Gasteiger partial charge in [-0.25, -0.2) is 4.98 Å². The van der Waals surface area contributed by atoms with Crippen LogP contribution in [0.25, 0.3) is 4.85 Å². The van der Waals surface area contributed by atoms with Crippen LogP contribution in [0.5, 0.6) is 5.75 Å². The number of hydrogen-bond donors (Lipinski definition) is 0. The van der Waals surface area contributed by atoms with Gasteiger partial charge in [-0.2, -0.15) is 0 Å². The van der Waals surface area contributed by atoms with Gasteiger partial charge in [-0.1, -0.05) is 17.6 Å². The lowest BCUT2D eigenvalue weighted by molar-refractivity contribution is 0.414. The Labute approximate surface area is 111 Å². The molecule has 5 nitrogen and oxygen atoms in total. The number of methoxy groups -OCH3 is 1. The highest BCUT2D eigenvalue weighted by molar-refractivity contribution is 5.48. The Hall–Kier alpha value is -2.61. The first-order chi connectivity index (χ1) is 9.30. The molecule has 3 rings (SSSR count). The maximum Gasteiger partial charge on any atom is 0.322 e. The zero-order valence-corrected chi connectivity index (χ0v) is 10.5. The van der Waals surface area contributed by atoms with E-state index in [1.807, 2.05) is 12.1 Å². The van der Waals surface area contributed by atoms with Crippen LogP contribution in [0.2, 0.25) is 0 Å². The van der Waals surface area contributed by atoms with Crippen molar-refractivity contribution in [2.75, 3.05) is 12.0 Å². The molecule has 0 saturated carbocycles. The summed E-state index contributed by atoms with van der Waals surface area (Å²) in [4.78, 5) is 13.8. The van der Waals surface area contributed by atoms with Crippen LogP contribution in [0.1, 0.15) is 11.1 Å². The quantitative estimate of drug-likeness (QED) is 0.770. The lowest BCUT2D eigenvalue weighted by atomic mass is 10.1. The van der Waals surface area contributed by atoms with Crippen molar-refractivity contribution in [3.05, 3.63) is 53.0 Å². The highest BCUT2D eigenvalue weighted by Crippen LogP contribution is 2.29. The van der Waals surface area contributed by atoms with Gasteiger partial charge in [0.1, 0.15) is 5.75 Å². The van der Waals surface area contributed by atoms with Crippen molar-refractivity contribution < 1.29 is 4.74 Å². The van der Waals surface area contributed by atoms with Crippen LogP contribution < -0.4 is 9.64 Å². The molecular weight excluding hydrogens is 240 g/mol. The fraction of sp³-hybridized carbons (Fsp3) is 0.214. The normalized spacial score (nSPS) is 12.9. The number of hydrogen-bond acceptors (Lipinski definition) is 4. The predicted molar refractivity (Wildman–Crippen MR) is 71.2 cm³/mol. The Kier molecular flexibility index (Phi) is 2.76. The standard InChI is InChI=1S/C14H12N4O/c1-15-13-5-6-16-14(17-13)18-8-10-3-4-12(19-2)7-11(10)9-18/h3-7H,8-9H2,2H3. The van der Waals surface area contributed by atoms with Gasteiger partial charge in [-0.3, -0.25) is 0 Å². The smallest absolute Gasteiger partial charge is 0.322 e. The molecule has 0 unspecified atom stereocenters. The van der Waals surface area contributed by atoms with Gasteiger partial charge in [0, 0.05) is 19.3 Å². The second-order valence-electron chi connectivity index (χ2n) is 4.32. The number of rotatable bonds is 2. The van der Waals surface area contributed by atoms with Crippen molar-refractivity contribution in [1.29, 1.82) is 0 Å². The summed E-state index contributed by atoms with van der Waals surface area (Å²) < 4.78 is 5.23. The Balaban J connectivity index is 1.89. The van der Waals surface area contributed by atoms with Gasteiger partial charge in [0.2, 0.25) is 0 Å². The zero-order valence-electron chi connectivity index (χ0n) is 10.5. The van der Waals surface area contributed by atoms with Crippen molar-refractivity contribution >= 4 is 11.8 Å². The van der Waals surface area contributed by atoms with E-state index in [0.29, 0.717) is 11.8 Å².